The van der Waals surface area contributed by atoms with E-state index in [1.807, 2.05) is 30.3 Å². The highest BCUT2D eigenvalue weighted by Gasteiger charge is 2.56. The maximum Gasteiger partial charge on any atom is 0.238 e. The summed E-state index contributed by atoms with van der Waals surface area (Å²) in [5.41, 5.74) is 6.16. The third kappa shape index (κ3) is 1.95. The smallest absolute Gasteiger partial charge is 0.238 e. The van der Waals surface area contributed by atoms with E-state index in [-0.39, 0.29) is 11.3 Å². The highest BCUT2D eigenvalue weighted by molar-refractivity contribution is 5.87. The Kier molecular flexibility index (Phi) is 2.96. The van der Waals surface area contributed by atoms with Crippen LogP contribution in [0.1, 0.15) is 32.3 Å². The maximum absolute atomic E-state index is 11.7. The number of carbonyl (C=O) groups excluding carboxylic acids is 1. The van der Waals surface area contributed by atoms with Gasteiger partial charge in [0.2, 0.25) is 5.91 Å². The molecule has 92 valence electrons. The first-order valence-electron chi connectivity index (χ1n) is 6.07. The molecule has 1 unspecified atom stereocenters. The number of nitrogens with two attached hydrogens (primary N) is 1. The summed E-state index contributed by atoms with van der Waals surface area (Å²) < 4.78 is 0. The van der Waals surface area contributed by atoms with E-state index in [1.165, 1.54) is 5.56 Å². The monoisotopic (exact) mass is 232 g/mol. The van der Waals surface area contributed by atoms with Crippen molar-refractivity contribution >= 4 is 5.91 Å². The van der Waals surface area contributed by atoms with E-state index in [0.29, 0.717) is 6.54 Å². The van der Waals surface area contributed by atoms with Gasteiger partial charge in [-0.2, -0.15) is 0 Å². The van der Waals surface area contributed by atoms with Gasteiger partial charge in [0.05, 0.1) is 0 Å². The number of benzene rings is 1. The van der Waals surface area contributed by atoms with Crippen LogP contribution in [-0.2, 0) is 11.3 Å². The molecule has 1 aliphatic rings. The minimum absolute atomic E-state index is 0.0480. The van der Waals surface area contributed by atoms with Crippen molar-refractivity contribution in [1.29, 1.82) is 0 Å². The first kappa shape index (κ1) is 12.1. The number of rotatable bonds is 4. The Labute approximate surface area is 102 Å². The zero-order valence-corrected chi connectivity index (χ0v) is 10.5. The van der Waals surface area contributed by atoms with Crippen LogP contribution in [0.15, 0.2) is 30.3 Å². The number of amides is 1. The first-order chi connectivity index (χ1) is 7.98. The Bertz CT molecular complexity index is 413. The van der Waals surface area contributed by atoms with Crippen LogP contribution in [0.3, 0.4) is 0 Å². The Morgan fingerprint density at radius 3 is 2.35 bits per heavy atom. The zero-order chi connectivity index (χ0) is 12.5. The number of hydrogen-bond acceptors (Lipinski definition) is 2. The summed E-state index contributed by atoms with van der Waals surface area (Å²) in [6.45, 7) is 4.88. The number of hydrogen-bond donors (Lipinski definition) is 2. The number of carbonyl (C=O) groups is 1. The van der Waals surface area contributed by atoms with Crippen molar-refractivity contribution in [1.82, 2.24) is 5.32 Å². The third-order valence-electron chi connectivity index (χ3n) is 4.14. The van der Waals surface area contributed by atoms with Gasteiger partial charge in [0.25, 0.3) is 0 Å². The molecule has 1 saturated carbocycles. The summed E-state index contributed by atoms with van der Waals surface area (Å²) in [5.74, 6) is -0.232. The van der Waals surface area contributed by atoms with Crippen molar-refractivity contribution in [2.45, 2.75) is 38.8 Å². The topological polar surface area (TPSA) is 55.1 Å². The molecule has 0 radical (unpaired) electrons. The summed E-state index contributed by atoms with van der Waals surface area (Å²) >= 11 is 0. The van der Waals surface area contributed by atoms with Crippen LogP contribution in [0, 0.1) is 5.41 Å². The number of nitrogens with one attached hydrogen (secondary N) is 1. The molecule has 0 spiro atoms. The highest BCUT2D eigenvalue weighted by Crippen LogP contribution is 2.49. The fourth-order valence-electron chi connectivity index (χ4n) is 2.60. The Morgan fingerprint density at radius 1 is 1.29 bits per heavy atom. The normalized spacial score (nSPS) is 26.2. The third-order valence-corrected chi connectivity index (χ3v) is 4.14. The fraction of sp³-hybridized carbons (Fsp3) is 0.500. The van der Waals surface area contributed by atoms with Crippen LogP contribution >= 0.6 is 0 Å². The Balaban J connectivity index is 2.09. The maximum atomic E-state index is 11.7. The summed E-state index contributed by atoms with van der Waals surface area (Å²) in [4.78, 5) is 11.7. The van der Waals surface area contributed by atoms with Crippen molar-refractivity contribution in [2.24, 2.45) is 11.1 Å². The van der Waals surface area contributed by atoms with Gasteiger partial charge in [0.1, 0.15) is 5.54 Å². The van der Waals surface area contributed by atoms with E-state index in [1.54, 1.807) is 0 Å². The average molecular weight is 232 g/mol. The molecule has 1 fully saturated rings. The number of primary amides is 1. The van der Waals surface area contributed by atoms with E-state index < -0.39 is 5.54 Å². The quantitative estimate of drug-likeness (QED) is 0.832. The molecule has 0 bridgehead atoms. The molecule has 3 heteroatoms. The molecule has 1 amide bonds. The lowest BCUT2D eigenvalue weighted by Gasteiger charge is -2.54. The van der Waals surface area contributed by atoms with Gasteiger partial charge in [-0.05, 0) is 23.8 Å². The minimum atomic E-state index is -0.539. The van der Waals surface area contributed by atoms with Gasteiger partial charge < -0.3 is 5.73 Å². The molecule has 1 aromatic carbocycles. The van der Waals surface area contributed by atoms with E-state index in [2.05, 4.69) is 19.2 Å². The van der Waals surface area contributed by atoms with Crippen molar-refractivity contribution < 1.29 is 4.79 Å². The van der Waals surface area contributed by atoms with Crippen molar-refractivity contribution in [3.05, 3.63) is 35.9 Å². The molecule has 2 rings (SSSR count). The Morgan fingerprint density at radius 2 is 1.94 bits per heavy atom. The zero-order valence-electron chi connectivity index (χ0n) is 10.5. The van der Waals surface area contributed by atoms with Gasteiger partial charge in [-0.25, -0.2) is 0 Å². The van der Waals surface area contributed by atoms with Crippen LogP contribution in [0.25, 0.3) is 0 Å². The van der Waals surface area contributed by atoms with Crippen molar-refractivity contribution in [3.63, 3.8) is 0 Å². The van der Waals surface area contributed by atoms with Gasteiger partial charge in [-0.15, -0.1) is 0 Å². The van der Waals surface area contributed by atoms with Crippen LogP contribution in [-0.4, -0.2) is 11.4 Å². The SMILES string of the molecule is CC1(C)CCC1(NCc1ccccc1)C(N)=O. The predicted octanol–water partition coefficient (Wildman–Crippen LogP) is 1.82. The average Bonchev–Trinajstić information content (AvgIpc) is 2.29. The molecule has 1 aromatic rings. The summed E-state index contributed by atoms with van der Waals surface area (Å²) in [6, 6.07) is 10.1. The first-order valence-corrected chi connectivity index (χ1v) is 6.07. The molecule has 0 saturated heterocycles. The predicted molar refractivity (Wildman–Crippen MR) is 68.2 cm³/mol. The molecule has 0 heterocycles. The van der Waals surface area contributed by atoms with Crippen molar-refractivity contribution in [3.8, 4) is 0 Å². The van der Waals surface area contributed by atoms with Crippen LogP contribution in [0.2, 0.25) is 0 Å². The molecular formula is C14H20N2O. The fourth-order valence-corrected chi connectivity index (χ4v) is 2.60. The van der Waals surface area contributed by atoms with E-state index >= 15 is 0 Å². The second-order valence-electron chi connectivity index (χ2n) is 5.49. The molecule has 3 nitrogen and oxygen atoms in total. The van der Waals surface area contributed by atoms with Gasteiger partial charge in [-0.3, -0.25) is 10.1 Å². The summed E-state index contributed by atoms with van der Waals surface area (Å²) in [5, 5.41) is 3.36. The standard InChI is InChI=1S/C14H20N2O/c1-13(2)8-9-14(13,12(15)17)16-10-11-6-4-3-5-7-11/h3-7,16H,8-10H2,1-2H3,(H2,15,17). The lowest BCUT2D eigenvalue weighted by molar-refractivity contribution is -0.138. The minimum Gasteiger partial charge on any atom is -0.368 e. The van der Waals surface area contributed by atoms with Gasteiger partial charge in [-0.1, -0.05) is 44.2 Å². The molecule has 17 heavy (non-hydrogen) atoms. The lowest BCUT2D eigenvalue weighted by atomic mass is 9.56. The molecule has 0 aromatic heterocycles. The molecule has 0 aliphatic heterocycles. The van der Waals surface area contributed by atoms with Gasteiger partial charge in [0.15, 0.2) is 0 Å². The van der Waals surface area contributed by atoms with E-state index in [4.69, 9.17) is 5.73 Å². The largest absolute Gasteiger partial charge is 0.368 e. The van der Waals surface area contributed by atoms with Crippen LogP contribution in [0.5, 0.6) is 0 Å². The molecule has 1 atom stereocenters. The van der Waals surface area contributed by atoms with E-state index in [0.717, 1.165) is 12.8 Å². The summed E-state index contributed by atoms with van der Waals surface area (Å²) in [6.07, 6.45) is 1.87. The Hall–Kier alpha value is -1.35. The second kappa shape index (κ2) is 4.15. The molecule has 1 aliphatic carbocycles. The van der Waals surface area contributed by atoms with Gasteiger partial charge in [0, 0.05) is 6.54 Å². The second-order valence-corrected chi connectivity index (χ2v) is 5.49. The van der Waals surface area contributed by atoms with Crippen LogP contribution in [0.4, 0.5) is 0 Å². The van der Waals surface area contributed by atoms with E-state index in [9.17, 15) is 4.79 Å². The van der Waals surface area contributed by atoms with Gasteiger partial charge >= 0.3 is 0 Å². The highest BCUT2D eigenvalue weighted by atomic mass is 16.1. The molecule has 3 N–H and O–H groups in total. The molecular weight excluding hydrogens is 212 g/mol. The van der Waals surface area contributed by atoms with Crippen molar-refractivity contribution in [2.75, 3.05) is 0 Å². The lowest BCUT2D eigenvalue weighted by Crippen LogP contribution is -2.69. The van der Waals surface area contributed by atoms with Crippen LogP contribution < -0.4 is 11.1 Å². The summed E-state index contributed by atoms with van der Waals surface area (Å²) in [7, 11) is 0.